The van der Waals surface area contributed by atoms with Gasteiger partial charge in [-0.3, -0.25) is 9.59 Å². The molecule has 0 aromatic heterocycles. The van der Waals surface area contributed by atoms with Crippen molar-refractivity contribution in [2.75, 3.05) is 13.7 Å². The van der Waals surface area contributed by atoms with Crippen LogP contribution < -0.4 is 21.1 Å². The SMILES string of the molecule is COc1ccc(C(NC(=O)CNC(=O)[C@@H](N)C(C)C)C2CC2)cc1. The Kier molecular flexibility index (Phi) is 6.20. The monoisotopic (exact) mass is 333 g/mol. The van der Waals surface area contributed by atoms with Crippen molar-refractivity contribution in [3.05, 3.63) is 29.8 Å². The Balaban J connectivity index is 1.90. The topological polar surface area (TPSA) is 93.5 Å². The second-order valence-corrected chi connectivity index (χ2v) is 6.64. The Morgan fingerprint density at radius 2 is 1.88 bits per heavy atom. The van der Waals surface area contributed by atoms with Crippen molar-refractivity contribution in [3.8, 4) is 5.75 Å². The molecule has 0 radical (unpaired) electrons. The number of rotatable bonds is 8. The van der Waals surface area contributed by atoms with Crippen LogP contribution in [0.1, 0.15) is 38.3 Å². The van der Waals surface area contributed by atoms with Crippen LogP contribution in [-0.4, -0.2) is 31.5 Å². The van der Waals surface area contributed by atoms with Crippen molar-refractivity contribution >= 4 is 11.8 Å². The highest BCUT2D eigenvalue weighted by molar-refractivity contribution is 5.87. The number of nitrogens with two attached hydrogens (primary N) is 1. The first-order valence-corrected chi connectivity index (χ1v) is 8.39. The van der Waals surface area contributed by atoms with Gasteiger partial charge in [-0.25, -0.2) is 0 Å². The lowest BCUT2D eigenvalue weighted by Crippen LogP contribution is -2.47. The summed E-state index contributed by atoms with van der Waals surface area (Å²) >= 11 is 0. The summed E-state index contributed by atoms with van der Waals surface area (Å²) in [5.74, 6) is 0.775. The predicted octanol–water partition coefficient (Wildman–Crippen LogP) is 1.36. The third kappa shape index (κ3) is 4.96. The molecule has 4 N–H and O–H groups in total. The molecule has 132 valence electrons. The average Bonchev–Trinajstić information content (AvgIpc) is 3.41. The number of carbonyl (C=O) groups is 2. The molecule has 1 aliphatic rings. The van der Waals surface area contributed by atoms with E-state index in [2.05, 4.69) is 10.6 Å². The maximum Gasteiger partial charge on any atom is 0.239 e. The van der Waals surface area contributed by atoms with Gasteiger partial charge in [0.25, 0.3) is 0 Å². The van der Waals surface area contributed by atoms with Gasteiger partial charge in [0.1, 0.15) is 5.75 Å². The van der Waals surface area contributed by atoms with E-state index in [1.807, 2.05) is 38.1 Å². The van der Waals surface area contributed by atoms with Gasteiger partial charge in [0.2, 0.25) is 11.8 Å². The molecule has 1 aromatic carbocycles. The second kappa shape index (κ2) is 8.15. The van der Waals surface area contributed by atoms with Crippen molar-refractivity contribution in [2.45, 2.75) is 38.8 Å². The van der Waals surface area contributed by atoms with Gasteiger partial charge in [-0.2, -0.15) is 0 Å². The normalized spacial score (nSPS) is 16.4. The molecule has 0 spiro atoms. The lowest BCUT2D eigenvalue weighted by molar-refractivity contribution is -0.127. The summed E-state index contributed by atoms with van der Waals surface area (Å²) in [5.41, 5.74) is 6.82. The zero-order chi connectivity index (χ0) is 17.7. The van der Waals surface area contributed by atoms with Crippen molar-refractivity contribution in [3.63, 3.8) is 0 Å². The van der Waals surface area contributed by atoms with Crippen molar-refractivity contribution < 1.29 is 14.3 Å². The average molecular weight is 333 g/mol. The molecule has 1 fully saturated rings. The van der Waals surface area contributed by atoms with Gasteiger partial charge in [0, 0.05) is 0 Å². The number of amides is 2. The summed E-state index contributed by atoms with van der Waals surface area (Å²) in [7, 11) is 1.62. The van der Waals surface area contributed by atoms with Gasteiger partial charge in [-0.15, -0.1) is 0 Å². The number of benzene rings is 1. The highest BCUT2D eigenvalue weighted by Gasteiger charge is 2.33. The maximum atomic E-state index is 12.2. The highest BCUT2D eigenvalue weighted by Crippen LogP contribution is 2.41. The number of methoxy groups -OCH3 is 1. The van der Waals surface area contributed by atoms with Gasteiger partial charge in [-0.1, -0.05) is 26.0 Å². The second-order valence-electron chi connectivity index (χ2n) is 6.64. The molecule has 6 nitrogen and oxygen atoms in total. The van der Waals surface area contributed by atoms with Crippen LogP contribution in [0.2, 0.25) is 0 Å². The first-order chi connectivity index (χ1) is 11.4. The molecule has 2 rings (SSSR count). The minimum absolute atomic E-state index is 0.0286. The standard InChI is InChI=1S/C18H27N3O3/c1-11(2)16(19)18(23)20-10-15(22)21-17(12-4-5-12)13-6-8-14(24-3)9-7-13/h6-9,11-12,16-17H,4-5,10,19H2,1-3H3,(H,20,23)(H,21,22)/t16-,17?/m0/s1. The van der Waals surface area contributed by atoms with E-state index in [0.29, 0.717) is 5.92 Å². The number of carbonyl (C=O) groups excluding carboxylic acids is 2. The van der Waals surface area contributed by atoms with E-state index < -0.39 is 6.04 Å². The van der Waals surface area contributed by atoms with Crippen LogP contribution in [0.3, 0.4) is 0 Å². The van der Waals surface area contributed by atoms with E-state index in [1.54, 1.807) is 7.11 Å². The number of hydrogen-bond donors (Lipinski definition) is 3. The molecule has 0 heterocycles. The molecule has 24 heavy (non-hydrogen) atoms. The van der Waals surface area contributed by atoms with E-state index >= 15 is 0 Å². The van der Waals surface area contributed by atoms with E-state index in [-0.39, 0.29) is 30.3 Å². The van der Waals surface area contributed by atoms with Crippen LogP contribution in [0, 0.1) is 11.8 Å². The Morgan fingerprint density at radius 3 is 2.38 bits per heavy atom. The minimum atomic E-state index is -0.599. The lowest BCUT2D eigenvalue weighted by Gasteiger charge is -2.20. The Bertz CT molecular complexity index is 567. The fourth-order valence-corrected chi connectivity index (χ4v) is 2.53. The van der Waals surface area contributed by atoms with Crippen LogP contribution in [0.25, 0.3) is 0 Å². The Labute approximate surface area is 143 Å². The number of ether oxygens (including phenoxy) is 1. The molecule has 2 amide bonds. The van der Waals surface area contributed by atoms with Gasteiger partial charge < -0.3 is 21.1 Å². The van der Waals surface area contributed by atoms with E-state index in [1.165, 1.54) is 0 Å². The molecular formula is C18H27N3O3. The van der Waals surface area contributed by atoms with Crippen LogP contribution in [0.15, 0.2) is 24.3 Å². The predicted molar refractivity (Wildman–Crippen MR) is 92.4 cm³/mol. The summed E-state index contributed by atoms with van der Waals surface area (Å²) in [5, 5.41) is 5.62. The third-order valence-corrected chi connectivity index (χ3v) is 4.33. The summed E-state index contributed by atoms with van der Waals surface area (Å²) in [6.07, 6.45) is 2.20. The summed E-state index contributed by atoms with van der Waals surface area (Å²) in [6, 6.07) is 7.09. The smallest absolute Gasteiger partial charge is 0.239 e. The summed E-state index contributed by atoms with van der Waals surface area (Å²) in [4.78, 5) is 24.0. The molecule has 1 aromatic rings. The van der Waals surface area contributed by atoms with Crippen LogP contribution >= 0.6 is 0 Å². The van der Waals surface area contributed by atoms with Gasteiger partial charge in [0.05, 0.1) is 25.7 Å². The fourth-order valence-electron chi connectivity index (χ4n) is 2.53. The van der Waals surface area contributed by atoms with Crippen molar-refractivity contribution in [2.24, 2.45) is 17.6 Å². The molecule has 1 unspecified atom stereocenters. The van der Waals surface area contributed by atoms with Crippen molar-refractivity contribution in [1.82, 2.24) is 10.6 Å². The zero-order valence-corrected chi connectivity index (χ0v) is 14.5. The minimum Gasteiger partial charge on any atom is -0.497 e. The molecule has 1 aliphatic carbocycles. The van der Waals surface area contributed by atoms with Gasteiger partial charge in [0.15, 0.2) is 0 Å². The molecule has 0 aliphatic heterocycles. The molecule has 6 heteroatoms. The molecule has 1 saturated carbocycles. The van der Waals surface area contributed by atoms with Crippen LogP contribution in [0.5, 0.6) is 5.75 Å². The molecule has 2 atom stereocenters. The van der Waals surface area contributed by atoms with E-state index in [9.17, 15) is 9.59 Å². The quantitative estimate of drug-likeness (QED) is 0.670. The highest BCUT2D eigenvalue weighted by atomic mass is 16.5. The summed E-state index contributed by atoms with van der Waals surface area (Å²) in [6.45, 7) is 3.69. The molecule has 0 bridgehead atoms. The zero-order valence-electron chi connectivity index (χ0n) is 14.5. The number of hydrogen-bond acceptors (Lipinski definition) is 4. The first kappa shape index (κ1) is 18.3. The van der Waals surface area contributed by atoms with Crippen LogP contribution in [0.4, 0.5) is 0 Å². The van der Waals surface area contributed by atoms with Gasteiger partial charge >= 0.3 is 0 Å². The fraction of sp³-hybridized carbons (Fsp3) is 0.556. The lowest BCUT2D eigenvalue weighted by atomic mass is 10.0. The van der Waals surface area contributed by atoms with Gasteiger partial charge in [-0.05, 0) is 42.4 Å². The van der Waals surface area contributed by atoms with Crippen molar-refractivity contribution in [1.29, 1.82) is 0 Å². The first-order valence-electron chi connectivity index (χ1n) is 8.39. The number of nitrogens with one attached hydrogen (secondary N) is 2. The van der Waals surface area contributed by atoms with E-state index in [4.69, 9.17) is 10.5 Å². The summed E-state index contributed by atoms with van der Waals surface area (Å²) < 4.78 is 5.17. The van der Waals surface area contributed by atoms with Crippen LogP contribution in [-0.2, 0) is 9.59 Å². The van der Waals surface area contributed by atoms with E-state index in [0.717, 1.165) is 24.2 Å². The Hall–Kier alpha value is -2.08. The Morgan fingerprint density at radius 1 is 1.25 bits per heavy atom. The molecule has 0 saturated heterocycles. The third-order valence-electron chi connectivity index (χ3n) is 4.33. The largest absolute Gasteiger partial charge is 0.497 e. The molecular weight excluding hydrogens is 306 g/mol. The maximum absolute atomic E-state index is 12.2.